The molecule has 1 aromatic rings. The van der Waals surface area contributed by atoms with Gasteiger partial charge in [-0.05, 0) is 43.5 Å². The van der Waals surface area contributed by atoms with Crippen molar-refractivity contribution < 1.29 is 34.0 Å². The first-order valence-electron chi connectivity index (χ1n) is 8.85. The van der Waals surface area contributed by atoms with E-state index in [1.807, 2.05) is 24.3 Å². The lowest BCUT2D eigenvalue weighted by Crippen LogP contribution is -2.37. The van der Waals surface area contributed by atoms with Crippen LogP contribution in [0.3, 0.4) is 0 Å². The van der Waals surface area contributed by atoms with Crippen molar-refractivity contribution in [2.45, 2.75) is 19.3 Å². The lowest BCUT2D eigenvalue weighted by atomic mass is 10.1. The summed E-state index contributed by atoms with van der Waals surface area (Å²) in [6.07, 6.45) is 0.0665. The van der Waals surface area contributed by atoms with Crippen LogP contribution in [-0.2, 0) is 15.9 Å². The van der Waals surface area contributed by atoms with Gasteiger partial charge in [-0.3, -0.25) is 0 Å². The van der Waals surface area contributed by atoms with Gasteiger partial charge < -0.3 is 30.2 Å². The van der Waals surface area contributed by atoms with E-state index >= 15 is 0 Å². The second kappa shape index (κ2) is 13.8. The van der Waals surface area contributed by atoms with E-state index in [0.717, 1.165) is 31.6 Å². The first-order valence-corrected chi connectivity index (χ1v) is 8.85. The fraction of sp³-hybridized carbons (Fsp3) is 0.556. The van der Waals surface area contributed by atoms with Crippen LogP contribution in [0.4, 0.5) is 9.59 Å². The molecule has 0 radical (unpaired) electrons. The molecule has 0 saturated heterocycles. The highest BCUT2D eigenvalue weighted by Gasteiger charge is 2.18. The van der Waals surface area contributed by atoms with Crippen LogP contribution in [0.1, 0.15) is 18.4 Å². The van der Waals surface area contributed by atoms with Crippen molar-refractivity contribution >= 4 is 12.2 Å². The summed E-state index contributed by atoms with van der Waals surface area (Å²) in [5.74, 6) is 0.778. The molecule has 27 heavy (non-hydrogen) atoms. The Balaban J connectivity index is 2.02. The zero-order valence-corrected chi connectivity index (χ0v) is 15.3. The Morgan fingerprint density at radius 1 is 0.889 bits per heavy atom. The minimum absolute atomic E-state index is 0.0178. The van der Waals surface area contributed by atoms with Gasteiger partial charge in [-0.1, -0.05) is 12.1 Å². The number of ether oxygens (including phenoxy) is 3. The summed E-state index contributed by atoms with van der Waals surface area (Å²) in [5, 5.41) is 17.3. The quantitative estimate of drug-likeness (QED) is 0.415. The Hall–Kier alpha value is -2.36. The Bertz CT molecular complexity index is 537. The standard InChI is InChI=1S/C18H28N2O7/c19-8-2-1-3-15-4-6-16(7-5-15)27-14-13-26-12-11-25-10-9-20(17(21)22)18(23)24/h4-7H,1-3,8-14,19H2,(H,21,22)(H,23,24). The van der Waals surface area contributed by atoms with Crippen molar-refractivity contribution in [2.24, 2.45) is 5.73 Å². The molecule has 0 heterocycles. The molecular formula is C18H28N2O7. The maximum absolute atomic E-state index is 10.6. The van der Waals surface area contributed by atoms with Gasteiger partial charge in [-0.2, -0.15) is 0 Å². The molecule has 9 heteroatoms. The maximum Gasteiger partial charge on any atom is 0.416 e. The SMILES string of the molecule is NCCCCc1ccc(OCCOCCOCCN(C(=O)O)C(=O)O)cc1. The Labute approximate surface area is 158 Å². The Morgan fingerprint density at radius 3 is 2.07 bits per heavy atom. The molecule has 0 fully saturated rings. The summed E-state index contributed by atoms with van der Waals surface area (Å²) in [6, 6.07) is 7.94. The molecule has 0 unspecified atom stereocenters. The predicted octanol–water partition coefficient (Wildman–Crippen LogP) is 2.04. The number of nitrogens with two attached hydrogens (primary N) is 1. The molecule has 2 amide bonds. The fourth-order valence-corrected chi connectivity index (χ4v) is 2.20. The maximum atomic E-state index is 10.6. The van der Waals surface area contributed by atoms with Crippen molar-refractivity contribution in [3.8, 4) is 5.75 Å². The normalized spacial score (nSPS) is 10.6. The first-order chi connectivity index (χ1) is 13.0. The number of nitrogens with zero attached hydrogens (tertiary/aromatic N) is 1. The van der Waals surface area contributed by atoms with Gasteiger partial charge in [0.1, 0.15) is 12.4 Å². The van der Waals surface area contributed by atoms with Gasteiger partial charge in [0.2, 0.25) is 0 Å². The zero-order valence-electron chi connectivity index (χ0n) is 15.3. The second-order valence-corrected chi connectivity index (χ2v) is 5.68. The molecule has 9 nitrogen and oxygen atoms in total. The van der Waals surface area contributed by atoms with E-state index in [1.165, 1.54) is 5.56 Å². The van der Waals surface area contributed by atoms with E-state index in [0.29, 0.717) is 19.8 Å². The Morgan fingerprint density at radius 2 is 1.48 bits per heavy atom. The molecule has 0 bridgehead atoms. The van der Waals surface area contributed by atoms with Gasteiger partial charge in [-0.25, -0.2) is 14.5 Å². The number of carboxylic acid groups (broad SMARTS) is 2. The predicted molar refractivity (Wildman–Crippen MR) is 98.3 cm³/mol. The zero-order chi connectivity index (χ0) is 19.9. The van der Waals surface area contributed by atoms with Crippen molar-refractivity contribution in [3.63, 3.8) is 0 Å². The number of hydrogen-bond acceptors (Lipinski definition) is 6. The van der Waals surface area contributed by atoms with Crippen LogP contribution >= 0.6 is 0 Å². The number of amides is 2. The van der Waals surface area contributed by atoms with Gasteiger partial charge in [-0.15, -0.1) is 0 Å². The number of benzene rings is 1. The van der Waals surface area contributed by atoms with Crippen LogP contribution in [-0.4, -0.2) is 73.4 Å². The molecule has 152 valence electrons. The van der Waals surface area contributed by atoms with Crippen molar-refractivity contribution in [1.29, 1.82) is 0 Å². The Kier molecular flexibility index (Phi) is 11.6. The summed E-state index contributed by atoms with van der Waals surface area (Å²) >= 11 is 0. The van der Waals surface area contributed by atoms with Gasteiger partial charge in [0.25, 0.3) is 0 Å². The summed E-state index contributed by atoms with van der Waals surface area (Å²) < 4.78 is 16.1. The molecule has 0 saturated carbocycles. The van der Waals surface area contributed by atoms with E-state index in [2.05, 4.69) is 0 Å². The monoisotopic (exact) mass is 384 g/mol. The second-order valence-electron chi connectivity index (χ2n) is 5.68. The highest BCUT2D eigenvalue weighted by atomic mass is 16.5. The molecular weight excluding hydrogens is 356 g/mol. The lowest BCUT2D eigenvalue weighted by molar-refractivity contribution is 0.0301. The average molecular weight is 384 g/mol. The van der Waals surface area contributed by atoms with Crippen molar-refractivity contribution in [1.82, 2.24) is 4.90 Å². The molecule has 0 aliphatic rings. The minimum Gasteiger partial charge on any atom is -0.491 e. The van der Waals surface area contributed by atoms with E-state index in [9.17, 15) is 9.59 Å². The highest BCUT2D eigenvalue weighted by Crippen LogP contribution is 2.13. The van der Waals surface area contributed by atoms with Crippen LogP contribution in [0.2, 0.25) is 0 Å². The molecule has 0 aromatic heterocycles. The largest absolute Gasteiger partial charge is 0.491 e. The van der Waals surface area contributed by atoms with Crippen LogP contribution in [0.25, 0.3) is 0 Å². The van der Waals surface area contributed by atoms with Gasteiger partial charge >= 0.3 is 12.2 Å². The van der Waals surface area contributed by atoms with Crippen LogP contribution in [0.15, 0.2) is 24.3 Å². The van der Waals surface area contributed by atoms with E-state index in [4.69, 9.17) is 30.2 Å². The average Bonchev–Trinajstić information content (AvgIpc) is 2.64. The minimum atomic E-state index is -1.52. The molecule has 0 spiro atoms. The number of rotatable bonds is 14. The molecule has 0 aliphatic heterocycles. The van der Waals surface area contributed by atoms with Gasteiger partial charge in [0.15, 0.2) is 0 Å². The summed E-state index contributed by atoms with van der Waals surface area (Å²) in [5.41, 5.74) is 6.74. The van der Waals surface area contributed by atoms with Crippen LogP contribution < -0.4 is 10.5 Å². The molecule has 0 atom stereocenters. The van der Waals surface area contributed by atoms with Crippen molar-refractivity contribution in [2.75, 3.05) is 46.1 Å². The first kappa shape index (κ1) is 22.7. The van der Waals surface area contributed by atoms with Gasteiger partial charge in [0, 0.05) is 0 Å². The van der Waals surface area contributed by atoms with Crippen LogP contribution in [0.5, 0.6) is 5.75 Å². The number of unbranched alkanes of at least 4 members (excludes halogenated alkanes) is 1. The van der Waals surface area contributed by atoms with E-state index in [-0.39, 0.29) is 24.7 Å². The third-order valence-electron chi connectivity index (χ3n) is 3.63. The fourth-order valence-electron chi connectivity index (χ4n) is 2.20. The van der Waals surface area contributed by atoms with E-state index in [1.54, 1.807) is 0 Å². The molecule has 0 aliphatic carbocycles. The lowest BCUT2D eigenvalue weighted by Gasteiger charge is -2.13. The summed E-state index contributed by atoms with van der Waals surface area (Å²) in [4.78, 5) is 21.5. The van der Waals surface area contributed by atoms with Crippen molar-refractivity contribution in [3.05, 3.63) is 29.8 Å². The highest BCUT2D eigenvalue weighted by molar-refractivity contribution is 5.85. The van der Waals surface area contributed by atoms with Gasteiger partial charge in [0.05, 0.1) is 33.0 Å². The third kappa shape index (κ3) is 10.4. The molecule has 1 rings (SSSR count). The van der Waals surface area contributed by atoms with Crippen LogP contribution in [0, 0.1) is 0 Å². The summed E-state index contributed by atoms with van der Waals surface area (Å²) in [6.45, 7) is 1.80. The van der Waals surface area contributed by atoms with E-state index < -0.39 is 12.2 Å². The number of imide groups is 1. The topological polar surface area (TPSA) is 132 Å². The number of hydrogen-bond donors (Lipinski definition) is 3. The smallest absolute Gasteiger partial charge is 0.416 e. The third-order valence-corrected chi connectivity index (χ3v) is 3.63. The number of carbonyl (C=O) groups is 2. The molecule has 4 N–H and O–H groups in total. The number of aryl methyl sites for hydroxylation is 1. The molecule has 1 aromatic carbocycles. The summed E-state index contributed by atoms with van der Waals surface area (Å²) in [7, 11) is 0.